The monoisotopic (exact) mass is 256 g/mol. The van der Waals surface area contributed by atoms with Crippen LogP contribution in [0, 0.1) is 0 Å². The molecule has 3 nitrogen and oxygen atoms in total. The van der Waals surface area contributed by atoms with E-state index < -0.39 is 0 Å². The van der Waals surface area contributed by atoms with Crippen LogP contribution in [0.1, 0.15) is 25.3 Å². The lowest BCUT2D eigenvalue weighted by Crippen LogP contribution is -2.39. The molecule has 0 bridgehead atoms. The molecule has 3 N–H and O–H groups in total. The number of benzene rings is 1. The first kappa shape index (κ1) is 15.9. The third-order valence-corrected chi connectivity index (χ3v) is 2.51. The number of nitrogens with two attached hydrogens (primary N) is 1. The van der Waals surface area contributed by atoms with E-state index in [0.717, 1.165) is 19.3 Å². The summed E-state index contributed by atoms with van der Waals surface area (Å²) in [6, 6.07) is 10.4. The molecule has 96 valence electrons. The fourth-order valence-corrected chi connectivity index (χ4v) is 1.76. The molecule has 1 unspecified atom stereocenters. The topological polar surface area (TPSA) is 55.1 Å². The molecule has 1 aromatic carbocycles. The van der Waals surface area contributed by atoms with Gasteiger partial charge in [0.05, 0.1) is 6.54 Å². The maximum absolute atomic E-state index is 11.3. The van der Waals surface area contributed by atoms with Gasteiger partial charge in [0.1, 0.15) is 0 Å². The van der Waals surface area contributed by atoms with Gasteiger partial charge in [0.25, 0.3) is 0 Å². The molecule has 0 aliphatic carbocycles. The molecule has 0 spiro atoms. The molecule has 0 saturated heterocycles. The van der Waals surface area contributed by atoms with E-state index in [9.17, 15) is 4.79 Å². The number of nitrogens with one attached hydrogen (secondary N) is 1. The molecule has 1 rings (SSSR count). The van der Waals surface area contributed by atoms with E-state index >= 15 is 0 Å². The van der Waals surface area contributed by atoms with E-state index in [4.69, 9.17) is 5.73 Å². The first-order chi connectivity index (χ1) is 7.76. The summed E-state index contributed by atoms with van der Waals surface area (Å²) in [5.74, 6) is -0.0746. The van der Waals surface area contributed by atoms with Crippen LogP contribution in [0.2, 0.25) is 0 Å². The summed E-state index contributed by atoms with van der Waals surface area (Å²) in [5, 5.41) is 2.95. The molecule has 1 amide bonds. The van der Waals surface area contributed by atoms with Gasteiger partial charge in [0.15, 0.2) is 0 Å². The van der Waals surface area contributed by atoms with Crippen molar-refractivity contribution in [3.63, 3.8) is 0 Å². The van der Waals surface area contributed by atoms with Crippen molar-refractivity contribution in [1.82, 2.24) is 5.32 Å². The molecule has 0 aliphatic heterocycles. The second-order valence-electron chi connectivity index (χ2n) is 3.95. The lowest BCUT2D eigenvalue weighted by atomic mass is 10.0. The summed E-state index contributed by atoms with van der Waals surface area (Å²) in [6.45, 7) is 2.18. The first-order valence-electron chi connectivity index (χ1n) is 5.79. The highest BCUT2D eigenvalue weighted by Crippen LogP contribution is 2.07. The van der Waals surface area contributed by atoms with Crippen molar-refractivity contribution in [3.8, 4) is 0 Å². The van der Waals surface area contributed by atoms with Gasteiger partial charge in [-0.3, -0.25) is 4.79 Å². The maximum atomic E-state index is 11.3. The van der Waals surface area contributed by atoms with Crippen LogP contribution in [-0.2, 0) is 11.2 Å². The van der Waals surface area contributed by atoms with Crippen LogP contribution in [0.4, 0.5) is 0 Å². The minimum atomic E-state index is -0.0746. The SMILES string of the molecule is CCCC(Cc1ccccc1)NC(=O)CN.Cl. The van der Waals surface area contributed by atoms with Gasteiger partial charge < -0.3 is 11.1 Å². The molecule has 0 radical (unpaired) electrons. The fraction of sp³-hybridized carbons (Fsp3) is 0.462. The Morgan fingerprint density at radius 1 is 1.35 bits per heavy atom. The second kappa shape index (κ2) is 9.02. The van der Waals surface area contributed by atoms with Crippen molar-refractivity contribution in [1.29, 1.82) is 0 Å². The standard InChI is InChI=1S/C13H20N2O.ClH/c1-2-6-12(15-13(16)10-14)9-11-7-4-3-5-8-11;/h3-5,7-8,12H,2,6,9-10,14H2,1H3,(H,15,16);1H. The van der Waals surface area contributed by atoms with E-state index in [-0.39, 0.29) is 30.9 Å². The fourth-order valence-electron chi connectivity index (χ4n) is 1.76. The smallest absolute Gasteiger partial charge is 0.233 e. The quantitative estimate of drug-likeness (QED) is 0.817. The average molecular weight is 257 g/mol. The van der Waals surface area contributed by atoms with Crippen molar-refractivity contribution in [2.45, 2.75) is 32.2 Å². The van der Waals surface area contributed by atoms with Gasteiger partial charge in [-0.15, -0.1) is 12.4 Å². The average Bonchev–Trinajstić information content (AvgIpc) is 2.30. The van der Waals surface area contributed by atoms with Crippen LogP contribution in [0.3, 0.4) is 0 Å². The Balaban J connectivity index is 0.00000256. The van der Waals surface area contributed by atoms with Crippen LogP contribution in [-0.4, -0.2) is 18.5 Å². The second-order valence-corrected chi connectivity index (χ2v) is 3.95. The van der Waals surface area contributed by atoms with Gasteiger partial charge in [0, 0.05) is 6.04 Å². The molecule has 1 atom stereocenters. The molecule has 0 saturated carbocycles. The normalized spacial score (nSPS) is 11.4. The molecule has 0 aliphatic rings. The molecular weight excluding hydrogens is 236 g/mol. The van der Waals surface area contributed by atoms with Crippen LogP contribution in [0.15, 0.2) is 30.3 Å². The van der Waals surface area contributed by atoms with Crippen LogP contribution in [0.5, 0.6) is 0 Å². The summed E-state index contributed by atoms with van der Waals surface area (Å²) in [4.78, 5) is 11.3. The van der Waals surface area contributed by atoms with Crippen LogP contribution in [0.25, 0.3) is 0 Å². The maximum Gasteiger partial charge on any atom is 0.233 e. The third kappa shape index (κ3) is 6.29. The summed E-state index contributed by atoms with van der Waals surface area (Å²) in [6.07, 6.45) is 2.92. The van der Waals surface area contributed by atoms with Gasteiger partial charge >= 0.3 is 0 Å². The minimum absolute atomic E-state index is 0. The van der Waals surface area contributed by atoms with Gasteiger partial charge in [0.2, 0.25) is 5.91 Å². The predicted molar refractivity (Wildman–Crippen MR) is 73.3 cm³/mol. The van der Waals surface area contributed by atoms with E-state index in [2.05, 4.69) is 24.4 Å². The minimum Gasteiger partial charge on any atom is -0.352 e. The number of carbonyl (C=O) groups excluding carboxylic acids is 1. The van der Waals surface area contributed by atoms with Crippen molar-refractivity contribution >= 4 is 18.3 Å². The zero-order valence-corrected chi connectivity index (χ0v) is 11.0. The molecule has 0 fully saturated rings. The Kier molecular flexibility index (Phi) is 8.46. The zero-order valence-electron chi connectivity index (χ0n) is 10.2. The van der Waals surface area contributed by atoms with E-state index in [1.165, 1.54) is 5.56 Å². The number of rotatable bonds is 6. The Bertz CT molecular complexity index is 316. The van der Waals surface area contributed by atoms with Crippen molar-refractivity contribution in [2.75, 3.05) is 6.54 Å². The zero-order chi connectivity index (χ0) is 11.8. The van der Waals surface area contributed by atoms with Crippen molar-refractivity contribution in [3.05, 3.63) is 35.9 Å². The molecule has 0 heterocycles. The molecule has 0 aromatic heterocycles. The summed E-state index contributed by atoms with van der Waals surface area (Å²) in [5.41, 5.74) is 6.55. The van der Waals surface area contributed by atoms with E-state index in [0.29, 0.717) is 0 Å². The molecule has 17 heavy (non-hydrogen) atoms. The number of halogens is 1. The lowest BCUT2D eigenvalue weighted by Gasteiger charge is -2.17. The highest BCUT2D eigenvalue weighted by atomic mass is 35.5. The summed E-state index contributed by atoms with van der Waals surface area (Å²) >= 11 is 0. The van der Waals surface area contributed by atoms with Gasteiger partial charge in [-0.2, -0.15) is 0 Å². The van der Waals surface area contributed by atoms with E-state index in [1.807, 2.05) is 18.2 Å². The molecular formula is C13H21ClN2O. The lowest BCUT2D eigenvalue weighted by molar-refractivity contribution is -0.120. The molecule has 1 aromatic rings. The van der Waals surface area contributed by atoms with Gasteiger partial charge in [-0.25, -0.2) is 0 Å². The highest BCUT2D eigenvalue weighted by molar-refractivity contribution is 5.85. The number of hydrogen-bond acceptors (Lipinski definition) is 2. The van der Waals surface area contributed by atoms with Gasteiger partial charge in [-0.1, -0.05) is 43.7 Å². The summed E-state index contributed by atoms with van der Waals surface area (Å²) in [7, 11) is 0. The Labute approximate surface area is 109 Å². The van der Waals surface area contributed by atoms with Gasteiger partial charge in [-0.05, 0) is 18.4 Å². The van der Waals surface area contributed by atoms with Crippen molar-refractivity contribution in [2.24, 2.45) is 5.73 Å². The first-order valence-corrected chi connectivity index (χ1v) is 5.79. The number of amides is 1. The third-order valence-electron chi connectivity index (χ3n) is 2.51. The Hall–Kier alpha value is -1.06. The highest BCUT2D eigenvalue weighted by Gasteiger charge is 2.10. The predicted octanol–water partition coefficient (Wildman–Crippen LogP) is 1.89. The number of carbonyl (C=O) groups is 1. The Morgan fingerprint density at radius 3 is 2.53 bits per heavy atom. The molecule has 4 heteroatoms. The van der Waals surface area contributed by atoms with Crippen LogP contribution >= 0.6 is 12.4 Å². The van der Waals surface area contributed by atoms with Crippen LogP contribution < -0.4 is 11.1 Å². The largest absolute Gasteiger partial charge is 0.352 e. The number of hydrogen-bond donors (Lipinski definition) is 2. The Morgan fingerprint density at radius 2 is 2.00 bits per heavy atom. The van der Waals surface area contributed by atoms with E-state index in [1.54, 1.807) is 0 Å². The summed E-state index contributed by atoms with van der Waals surface area (Å²) < 4.78 is 0. The van der Waals surface area contributed by atoms with Crippen molar-refractivity contribution < 1.29 is 4.79 Å².